The third-order valence-electron chi connectivity index (χ3n) is 2.74. The maximum absolute atomic E-state index is 11.3. The van der Waals surface area contributed by atoms with Crippen molar-refractivity contribution in [3.63, 3.8) is 0 Å². The van der Waals surface area contributed by atoms with E-state index in [1.165, 1.54) is 12.8 Å². The van der Waals surface area contributed by atoms with Gasteiger partial charge in [-0.15, -0.1) is 0 Å². The van der Waals surface area contributed by atoms with Crippen LogP contribution in [0.4, 0.5) is 0 Å². The molecule has 0 heterocycles. The number of rotatable bonds is 7. The highest BCUT2D eigenvalue weighted by Gasteiger charge is 2.30. The lowest BCUT2D eigenvalue weighted by Crippen LogP contribution is -2.42. The van der Waals surface area contributed by atoms with E-state index in [0.29, 0.717) is 12.6 Å². The Hall–Kier alpha value is -0.650. The number of nitrogens with two attached hydrogens (primary N) is 1. The van der Waals surface area contributed by atoms with E-state index >= 15 is 0 Å². The summed E-state index contributed by atoms with van der Waals surface area (Å²) in [5, 5.41) is 0. The minimum atomic E-state index is -0.0990. The summed E-state index contributed by atoms with van der Waals surface area (Å²) in [4.78, 5) is 13.6. The van der Waals surface area contributed by atoms with Crippen LogP contribution in [0.2, 0.25) is 0 Å². The first-order valence-electron chi connectivity index (χ1n) is 5.42. The molecule has 1 amide bonds. The molecule has 0 aliphatic heterocycles. The van der Waals surface area contributed by atoms with E-state index in [0.717, 1.165) is 13.1 Å². The highest BCUT2D eigenvalue weighted by Crippen LogP contribution is 2.27. The summed E-state index contributed by atoms with van der Waals surface area (Å²) in [6, 6.07) is 0.646. The summed E-state index contributed by atoms with van der Waals surface area (Å²) >= 11 is 0. The minimum absolute atomic E-state index is 0.0625. The van der Waals surface area contributed by atoms with Gasteiger partial charge in [-0.3, -0.25) is 15.1 Å². The summed E-state index contributed by atoms with van der Waals surface area (Å²) in [5.74, 6) is 4.94. The van der Waals surface area contributed by atoms with Crippen molar-refractivity contribution in [1.29, 1.82) is 0 Å². The zero-order valence-corrected chi connectivity index (χ0v) is 9.53. The van der Waals surface area contributed by atoms with Crippen LogP contribution in [0.25, 0.3) is 0 Å². The van der Waals surface area contributed by atoms with Crippen molar-refractivity contribution in [1.82, 2.24) is 10.3 Å². The molecule has 1 saturated carbocycles. The Balaban J connectivity index is 2.32. The summed E-state index contributed by atoms with van der Waals surface area (Å²) in [6.07, 6.45) is 2.47. The normalized spacial score (nSPS) is 17.9. The molecular formula is C10H21N3O2. The molecule has 88 valence electrons. The Morgan fingerprint density at radius 3 is 2.80 bits per heavy atom. The molecule has 1 rings (SSSR count). The number of carbonyl (C=O) groups excluding carboxylic acids is 1. The van der Waals surface area contributed by atoms with Crippen LogP contribution < -0.4 is 11.3 Å². The predicted molar refractivity (Wildman–Crippen MR) is 58.0 cm³/mol. The number of hydrazine groups is 1. The van der Waals surface area contributed by atoms with E-state index in [9.17, 15) is 4.79 Å². The van der Waals surface area contributed by atoms with Crippen molar-refractivity contribution in [2.45, 2.75) is 25.8 Å². The quantitative estimate of drug-likeness (QED) is 0.348. The molecular weight excluding hydrogens is 194 g/mol. The van der Waals surface area contributed by atoms with Crippen LogP contribution in [0, 0.1) is 5.92 Å². The molecule has 0 aromatic carbocycles. The second kappa shape index (κ2) is 6.05. The molecule has 0 aromatic heterocycles. The van der Waals surface area contributed by atoms with E-state index in [1.54, 1.807) is 7.11 Å². The Morgan fingerprint density at radius 2 is 2.33 bits per heavy atom. The third kappa shape index (κ3) is 4.15. The molecule has 1 fully saturated rings. The molecule has 0 aromatic rings. The van der Waals surface area contributed by atoms with E-state index in [4.69, 9.17) is 10.6 Å². The van der Waals surface area contributed by atoms with Gasteiger partial charge in [0.2, 0.25) is 5.91 Å². The van der Waals surface area contributed by atoms with Crippen LogP contribution in [0.3, 0.4) is 0 Å². The highest BCUT2D eigenvalue weighted by atomic mass is 16.5. The van der Waals surface area contributed by atoms with Crippen LogP contribution in [-0.4, -0.2) is 43.7 Å². The van der Waals surface area contributed by atoms with Gasteiger partial charge in [-0.25, -0.2) is 5.84 Å². The number of hydrogen-bond acceptors (Lipinski definition) is 4. The molecule has 1 aliphatic carbocycles. The zero-order chi connectivity index (χ0) is 11.3. The number of carbonyl (C=O) groups is 1. The summed E-state index contributed by atoms with van der Waals surface area (Å²) < 4.78 is 5.05. The van der Waals surface area contributed by atoms with Crippen LogP contribution in [0.15, 0.2) is 0 Å². The molecule has 1 atom stereocenters. The molecule has 0 spiro atoms. The number of nitrogens with one attached hydrogen (secondary N) is 1. The molecule has 0 radical (unpaired) electrons. The highest BCUT2D eigenvalue weighted by molar-refractivity contribution is 5.77. The summed E-state index contributed by atoms with van der Waals surface area (Å²) in [5.41, 5.74) is 2.19. The maximum Gasteiger partial charge on any atom is 0.237 e. The lowest BCUT2D eigenvalue weighted by Gasteiger charge is -2.24. The van der Waals surface area contributed by atoms with Gasteiger partial charge in [-0.2, -0.15) is 0 Å². The van der Waals surface area contributed by atoms with Crippen molar-refractivity contribution in [3.05, 3.63) is 0 Å². The second-order valence-corrected chi connectivity index (χ2v) is 4.13. The molecule has 5 nitrogen and oxygen atoms in total. The lowest BCUT2D eigenvalue weighted by molar-refractivity contribution is -0.125. The Morgan fingerprint density at radius 1 is 1.67 bits per heavy atom. The first-order valence-corrected chi connectivity index (χ1v) is 5.42. The lowest BCUT2D eigenvalue weighted by atomic mass is 10.1. The van der Waals surface area contributed by atoms with E-state index in [2.05, 4.69) is 10.3 Å². The van der Waals surface area contributed by atoms with Crippen LogP contribution in [0.1, 0.15) is 19.8 Å². The summed E-state index contributed by atoms with van der Waals surface area (Å²) in [6.45, 7) is 4.26. The number of methoxy groups -OCH3 is 1. The van der Waals surface area contributed by atoms with Crippen molar-refractivity contribution in [2.24, 2.45) is 11.8 Å². The molecule has 0 saturated heterocycles. The van der Waals surface area contributed by atoms with Crippen LogP contribution in [0.5, 0.6) is 0 Å². The average molecular weight is 215 g/mol. The van der Waals surface area contributed by atoms with Gasteiger partial charge in [0.05, 0.1) is 6.61 Å². The SMILES string of the molecule is COCCN(CC(C)C(=O)NN)C1CC1. The molecule has 3 N–H and O–H groups in total. The smallest absolute Gasteiger partial charge is 0.237 e. The predicted octanol–water partition coefficient (Wildman–Crippen LogP) is -0.277. The van der Waals surface area contributed by atoms with Crippen LogP contribution in [-0.2, 0) is 9.53 Å². The van der Waals surface area contributed by atoms with Gasteiger partial charge in [-0.05, 0) is 12.8 Å². The van der Waals surface area contributed by atoms with Gasteiger partial charge in [0, 0.05) is 32.2 Å². The van der Waals surface area contributed by atoms with Crippen molar-refractivity contribution in [3.8, 4) is 0 Å². The monoisotopic (exact) mass is 215 g/mol. The third-order valence-corrected chi connectivity index (χ3v) is 2.74. The van der Waals surface area contributed by atoms with E-state index < -0.39 is 0 Å². The van der Waals surface area contributed by atoms with E-state index in [-0.39, 0.29) is 11.8 Å². The fourth-order valence-electron chi connectivity index (χ4n) is 1.65. The molecule has 15 heavy (non-hydrogen) atoms. The zero-order valence-electron chi connectivity index (χ0n) is 9.53. The van der Waals surface area contributed by atoms with Gasteiger partial charge in [0.15, 0.2) is 0 Å². The largest absolute Gasteiger partial charge is 0.383 e. The molecule has 0 bridgehead atoms. The topological polar surface area (TPSA) is 67.6 Å². The van der Waals surface area contributed by atoms with Gasteiger partial charge >= 0.3 is 0 Å². The molecule has 1 aliphatic rings. The molecule has 5 heteroatoms. The van der Waals surface area contributed by atoms with Gasteiger partial charge in [0.1, 0.15) is 0 Å². The minimum Gasteiger partial charge on any atom is -0.383 e. The maximum atomic E-state index is 11.3. The van der Waals surface area contributed by atoms with Gasteiger partial charge < -0.3 is 4.74 Å². The first kappa shape index (κ1) is 12.4. The molecule has 1 unspecified atom stereocenters. The summed E-state index contributed by atoms with van der Waals surface area (Å²) in [7, 11) is 1.70. The standard InChI is InChI=1S/C10H21N3O2/c1-8(10(14)12-11)7-13(5-6-15-2)9-3-4-9/h8-9H,3-7,11H2,1-2H3,(H,12,14). The fourth-order valence-corrected chi connectivity index (χ4v) is 1.65. The van der Waals surface area contributed by atoms with Crippen molar-refractivity contribution in [2.75, 3.05) is 26.8 Å². The number of nitrogens with zero attached hydrogens (tertiary/aromatic N) is 1. The first-order chi connectivity index (χ1) is 7.19. The van der Waals surface area contributed by atoms with Gasteiger partial charge in [0.25, 0.3) is 0 Å². The number of ether oxygens (including phenoxy) is 1. The second-order valence-electron chi connectivity index (χ2n) is 4.13. The average Bonchev–Trinajstić information content (AvgIpc) is 3.06. The van der Waals surface area contributed by atoms with Gasteiger partial charge in [-0.1, -0.05) is 6.92 Å². The Kier molecular flexibility index (Phi) is 5.01. The Labute approximate surface area is 90.9 Å². The van der Waals surface area contributed by atoms with Crippen molar-refractivity contribution >= 4 is 5.91 Å². The Bertz CT molecular complexity index is 207. The fraction of sp³-hybridized carbons (Fsp3) is 0.900. The number of hydrogen-bond donors (Lipinski definition) is 2. The van der Waals surface area contributed by atoms with Crippen LogP contribution >= 0.6 is 0 Å². The number of amides is 1. The van der Waals surface area contributed by atoms with E-state index in [1.807, 2.05) is 6.92 Å². The van der Waals surface area contributed by atoms with Crippen molar-refractivity contribution < 1.29 is 9.53 Å².